The molecule has 4 rings (SSSR count). The number of carbonyl (C=O) groups is 2. The Balaban J connectivity index is 1.53. The van der Waals surface area contributed by atoms with E-state index >= 15 is 0 Å². The second-order valence-corrected chi connectivity index (χ2v) is 6.84. The van der Waals surface area contributed by atoms with Gasteiger partial charge in [-0.25, -0.2) is 4.79 Å². The number of aromatic amines is 1. The van der Waals surface area contributed by atoms with Gasteiger partial charge in [-0.15, -0.1) is 0 Å². The normalized spacial score (nSPS) is 16.3. The van der Waals surface area contributed by atoms with Gasteiger partial charge >= 0.3 is 6.09 Å². The maximum Gasteiger partial charge on any atom is 0.410 e. The minimum atomic E-state index is -0.521. The van der Waals surface area contributed by atoms with E-state index in [9.17, 15) is 9.59 Å². The van der Waals surface area contributed by atoms with E-state index in [1.165, 1.54) is 0 Å². The van der Waals surface area contributed by atoms with Crippen molar-refractivity contribution in [3.63, 3.8) is 0 Å². The standard InChI is InChI=1S/C22H22N2O4/c1-27-19-11-5-9-17-20(19)16(13-23-17)21(25)18-10-6-12-24(18)22(26)28-14-15-7-3-2-4-8-15/h2-5,7-9,11,13,18,23H,6,10,12,14H2,1H3/t18-/m1/s1. The molecule has 1 aliphatic heterocycles. The zero-order valence-corrected chi connectivity index (χ0v) is 15.7. The highest BCUT2D eigenvalue weighted by Gasteiger charge is 2.36. The Morgan fingerprint density at radius 3 is 2.75 bits per heavy atom. The predicted octanol–water partition coefficient (Wildman–Crippen LogP) is 4.16. The van der Waals surface area contributed by atoms with Crippen molar-refractivity contribution in [2.45, 2.75) is 25.5 Å². The molecule has 1 amide bonds. The van der Waals surface area contributed by atoms with Crippen LogP contribution in [0.2, 0.25) is 0 Å². The van der Waals surface area contributed by atoms with Gasteiger partial charge in [0.2, 0.25) is 0 Å². The summed E-state index contributed by atoms with van der Waals surface area (Å²) in [6.07, 6.45) is 2.64. The number of Topliss-reactive ketones (excluding diaryl/α,β-unsaturated/α-hetero) is 1. The minimum absolute atomic E-state index is 0.0927. The number of methoxy groups -OCH3 is 1. The SMILES string of the molecule is COc1cccc2[nH]cc(C(=O)[C@H]3CCCN3C(=O)OCc3ccccc3)c12. The lowest BCUT2D eigenvalue weighted by molar-refractivity contribution is 0.0739. The summed E-state index contributed by atoms with van der Waals surface area (Å²) in [4.78, 5) is 30.5. The smallest absolute Gasteiger partial charge is 0.410 e. The molecule has 1 aliphatic rings. The number of hydrogen-bond donors (Lipinski definition) is 1. The highest BCUT2D eigenvalue weighted by Crippen LogP contribution is 2.31. The highest BCUT2D eigenvalue weighted by atomic mass is 16.6. The Morgan fingerprint density at radius 1 is 1.14 bits per heavy atom. The van der Waals surface area contributed by atoms with Crippen molar-refractivity contribution in [2.75, 3.05) is 13.7 Å². The zero-order valence-electron chi connectivity index (χ0n) is 15.7. The molecular weight excluding hydrogens is 356 g/mol. The number of fused-ring (bicyclic) bond motifs is 1. The van der Waals surface area contributed by atoms with Crippen LogP contribution in [0.5, 0.6) is 5.75 Å². The quantitative estimate of drug-likeness (QED) is 0.677. The first kappa shape index (κ1) is 18.1. The van der Waals surface area contributed by atoms with E-state index in [-0.39, 0.29) is 12.4 Å². The molecule has 2 heterocycles. The van der Waals surface area contributed by atoms with Gasteiger partial charge in [-0.05, 0) is 30.5 Å². The van der Waals surface area contributed by atoms with E-state index < -0.39 is 12.1 Å². The summed E-state index contributed by atoms with van der Waals surface area (Å²) >= 11 is 0. The van der Waals surface area contributed by atoms with Crippen LogP contribution in [-0.2, 0) is 11.3 Å². The van der Waals surface area contributed by atoms with Crippen LogP contribution in [0.25, 0.3) is 10.9 Å². The molecule has 0 bridgehead atoms. The van der Waals surface area contributed by atoms with Crippen LogP contribution >= 0.6 is 0 Å². The number of benzene rings is 2. The second-order valence-electron chi connectivity index (χ2n) is 6.84. The third kappa shape index (κ3) is 3.33. The van der Waals surface area contributed by atoms with Crippen LogP contribution < -0.4 is 4.74 Å². The lowest BCUT2D eigenvalue weighted by Gasteiger charge is -2.23. The Kier molecular flexibility index (Phi) is 5.02. The van der Waals surface area contributed by atoms with Crippen molar-refractivity contribution < 1.29 is 19.1 Å². The summed E-state index contributed by atoms with van der Waals surface area (Å²) in [6, 6.07) is 14.6. The number of carbonyl (C=O) groups excluding carboxylic acids is 2. The van der Waals surface area contributed by atoms with Gasteiger partial charge in [-0.2, -0.15) is 0 Å². The number of ether oxygens (including phenoxy) is 2. The van der Waals surface area contributed by atoms with E-state index in [1.54, 1.807) is 18.2 Å². The lowest BCUT2D eigenvalue weighted by Crippen LogP contribution is -2.40. The Bertz CT molecular complexity index is 996. The average Bonchev–Trinajstić information content (AvgIpc) is 3.39. The first-order chi connectivity index (χ1) is 13.7. The second kappa shape index (κ2) is 7.76. The number of hydrogen-bond acceptors (Lipinski definition) is 4. The van der Waals surface area contributed by atoms with Crippen molar-refractivity contribution >= 4 is 22.8 Å². The molecule has 0 saturated carbocycles. The molecule has 1 aromatic heterocycles. The van der Waals surface area contributed by atoms with Gasteiger partial charge in [0.05, 0.1) is 18.5 Å². The molecule has 0 radical (unpaired) electrons. The first-order valence-corrected chi connectivity index (χ1v) is 9.34. The summed E-state index contributed by atoms with van der Waals surface area (Å²) < 4.78 is 10.9. The van der Waals surface area contributed by atoms with Crippen molar-refractivity contribution in [3.05, 3.63) is 65.9 Å². The molecule has 2 aromatic carbocycles. The Hall–Kier alpha value is -3.28. The van der Waals surface area contributed by atoms with Crippen LogP contribution in [0.4, 0.5) is 4.79 Å². The van der Waals surface area contributed by atoms with Crippen molar-refractivity contribution in [1.29, 1.82) is 0 Å². The first-order valence-electron chi connectivity index (χ1n) is 9.34. The van der Waals surface area contributed by atoms with E-state index in [0.29, 0.717) is 24.3 Å². The number of nitrogens with zero attached hydrogens (tertiary/aromatic N) is 1. The molecule has 28 heavy (non-hydrogen) atoms. The van der Waals surface area contributed by atoms with Gasteiger partial charge in [0.25, 0.3) is 0 Å². The van der Waals surface area contributed by atoms with Crippen LogP contribution in [0.3, 0.4) is 0 Å². The van der Waals surface area contributed by atoms with Crippen LogP contribution in [-0.4, -0.2) is 41.5 Å². The molecule has 1 saturated heterocycles. The van der Waals surface area contributed by atoms with Gasteiger partial charge in [0.15, 0.2) is 5.78 Å². The molecule has 144 valence electrons. The Morgan fingerprint density at radius 2 is 1.96 bits per heavy atom. The molecule has 1 fully saturated rings. The molecule has 0 spiro atoms. The molecule has 1 N–H and O–H groups in total. The molecule has 6 nitrogen and oxygen atoms in total. The van der Waals surface area contributed by atoms with Crippen LogP contribution in [0.1, 0.15) is 28.8 Å². The number of amides is 1. The monoisotopic (exact) mass is 378 g/mol. The largest absolute Gasteiger partial charge is 0.496 e. The third-order valence-electron chi connectivity index (χ3n) is 5.15. The molecule has 6 heteroatoms. The number of H-pyrrole nitrogens is 1. The third-order valence-corrected chi connectivity index (χ3v) is 5.15. The zero-order chi connectivity index (χ0) is 19.5. The van der Waals surface area contributed by atoms with Crippen molar-refractivity contribution in [3.8, 4) is 5.75 Å². The lowest BCUT2D eigenvalue weighted by atomic mass is 10.0. The van der Waals surface area contributed by atoms with Gasteiger partial charge in [-0.1, -0.05) is 36.4 Å². The van der Waals surface area contributed by atoms with Crippen LogP contribution in [0, 0.1) is 0 Å². The summed E-state index contributed by atoms with van der Waals surface area (Å²) in [5.41, 5.74) is 2.29. The molecular formula is C22H22N2O4. The molecule has 3 aromatic rings. The fraction of sp³-hybridized carbons (Fsp3) is 0.273. The summed E-state index contributed by atoms with van der Waals surface area (Å²) in [5.74, 6) is 0.545. The fourth-order valence-electron chi connectivity index (χ4n) is 3.76. The van der Waals surface area contributed by atoms with Crippen molar-refractivity contribution in [1.82, 2.24) is 9.88 Å². The predicted molar refractivity (Wildman–Crippen MR) is 106 cm³/mol. The number of likely N-dealkylation sites (tertiary alicyclic amines) is 1. The highest BCUT2D eigenvalue weighted by molar-refractivity contribution is 6.12. The number of rotatable bonds is 5. The topological polar surface area (TPSA) is 71.6 Å². The fourth-order valence-corrected chi connectivity index (χ4v) is 3.76. The maximum atomic E-state index is 13.3. The maximum absolute atomic E-state index is 13.3. The number of nitrogens with one attached hydrogen (secondary N) is 1. The van der Waals surface area contributed by atoms with E-state index in [0.717, 1.165) is 22.9 Å². The summed E-state index contributed by atoms with van der Waals surface area (Å²) in [6.45, 7) is 0.710. The summed E-state index contributed by atoms with van der Waals surface area (Å²) in [7, 11) is 1.58. The van der Waals surface area contributed by atoms with E-state index in [1.807, 2.05) is 48.5 Å². The van der Waals surface area contributed by atoms with E-state index in [4.69, 9.17) is 9.47 Å². The van der Waals surface area contributed by atoms with E-state index in [2.05, 4.69) is 4.98 Å². The van der Waals surface area contributed by atoms with Crippen molar-refractivity contribution in [2.24, 2.45) is 0 Å². The summed E-state index contributed by atoms with van der Waals surface area (Å²) in [5, 5.41) is 0.750. The number of ketones is 1. The van der Waals surface area contributed by atoms with Gasteiger partial charge < -0.3 is 14.5 Å². The molecule has 0 unspecified atom stereocenters. The average molecular weight is 378 g/mol. The van der Waals surface area contributed by atoms with Gasteiger partial charge in [0, 0.05) is 23.8 Å². The van der Waals surface area contributed by atoms with Gasteiger partial charge in [0.1, 0.15) is 12.4 Å². The molecule has 1 atom stereocenters. The minimum Gasteiger partial charge on any atom is -0.496 e. The number of aromatic nitrogens is 1. The Labute approximate surface area is 163 Å². The molecule has 0 aliphatic carbocycles. The van der Waals surface area contributed by atoms with Crippen LogP contribution in [0.15, 0.2) is 54.7 Å². The van der Waals surface area contributed by atoms with Gasteiger partial charge in [-0.3, -0.25) is 9.69 Å².